The topological polar surface area (TPSA) is 67.2 Å². The van der Waals surface area contributed by atoms with Crippen LogP contribution in [0.4, 0.5) is 5.69 Å². The summed E-state index contributed by atoms with van der Waals surface area (Å²) in [5.74, 6) is 0. The van der Waals surface area contributed by atoms with Crippen molar-refractivity contribution in [1.82, 2.24) is 9.78 Å². The van der Waals surface area contributed by atoms with Crippen molar-refractivity contribution in [2.75, 3.05) is 18.5 Å². The number of hydrogen-bond donors (Lipinski definition) is 2. The van der Waals surface area contributed by atoms with Crippen molar-refractivity contribution in [3.05, 3.63) is 33.7 Å². The van der Waals surface area contributed by atoms with Crippen molar-refractivity contribution in [3.63, 3.8) is 0 Å². The minimum absolute atomic E-state index is 0.0514. The average molecular weight is 330 g/mol. The van der Waals surface area contributed by atoms with Gasteiger partial charge < -0.3 is 10.4 Å². The Labute approximate surface area is 121 Å². The standard InChI is InChI=1S/C13H20BrN3O2/c1-4-6-17-12(19)11(14)10(8-16-17)15-9-13(2,3)5-7-18/h4,8,15,18H,1,5-7,9H2,2-3H3. The van der Waals surface area contributed by atoms with Crippen LogP contribution in [0.25, 0.3) is 0 Å². The highest BCUT2D eigenvalue weighted by molar-refractivity contribution is 9.10. The fraction of sp³-hybridized carbons (Fsp3) is 0.538. The Bertz CT molecular complexity index is 497. The highest BCUT2D eigenvalue weighted by atomic mass is 79.9. The van der Waals surface area contributed by atoms with Gasteiger partial charge >= 0.3 is 0 Å². The number of nitrogens with one attached hydrogen (secondary N) is 1. The van der Waals surface area contributed by atoms with Gasteiger partial charge in [-0.15, -0.1) is 6.58 Å². The van der Waals surface area contributed by atoms with Crippen molar-refractivity contribution in [3.8, 4) is 0 Å². The number of rotatable bonds is 7. The van der Waals surface area contributed by atoms with Gasteiger partial charge in [0.2, 0.25) is 0 Å². The van der Waals surface area contributed by atoms with Crippen LogP contribution in [-0.4, -0.2) is 28.0 Å². The first-order valence-corrected chi connectivity index (χ1v) is 6.92. The van der Waals surface area contributed by atoms with E-state index in [0.717, 1.165) is 0 Å². The molecule has 1 aromatic heterocycles. The minimum atomic E-state index is -0.190. The van der Waals surface area contributed by atoms with Crippen molar-refractivity contribution in [2.45, 2.75) is 26.8 Å². The molecule has 19 heavy (non-hydrogen) atoms. The lowest BCUT2D eigenvalue weighted by atomic mass is 9.90. The maximum atomic E-state index is 12.0. The van der Waals surface area contributed by atoms with E-state index in [4.69, 9.17) is 5.11 Å². The summed E-state index contributed by atoms with van der Waals surface area (Å²) in [5, 5.41) is 16.2. The fourth-order valence-electron chi connectivity index (χ4n) is 1.57. The summed E-state index contributed by atoms with van der Waals surface area (Å²) in [6.45, 7) is 8.87. The van der Waals surface area contributed by atoms with Crippen LogP contribution in [0.2, 0.25) is 0 Å². The molecule has 0 atom stereocenters. The lowest BCUT2D eigenvalue weighted by Crippen LogP contribution is -2.27. The first-order valence-electron chi connectivity index (χ1n) is 6.12. The summed E-state index contributed by atoms with van der Waals surface area (Å²) >= 11 is 3.29. The molecular formula is C13H20BrN3O2. The van der Waals surface area contributed by atoms with Gasteiger partial charge in [-0.25, -0.2) is 4.68 Å². The molecule has 0 aromatic carbocycles. The third kappa shape index (κ3) is 4.47. The third-order valence-electron chi connectivity index (χ3n) is 2.83. The number of allylic oxidation sites excluding steroid dienone is 1. The Morgan fingerprint density at radius 2 is 2.32 bits per heavy atom. The SMILES string of the molecule is C=CCn1ncc(NCC(C)(C)CCO)c(Br)c1=O. The largest absolute Gasteiger partial charge is 0.396 e. The molecule has 0 amide bonds. The molecule has 106 valence electrons. The van der Waals surface area contributed by atoms with Crippen LogP contribution in [0, 0.1) is 5.41 Å². The van der Waals surface area contributed by atoms with E-state index in [1.165, 1.54) is 4.68 Å². The highest BCUT2D eigenvalue weighted by Crippen LogP contribution is 2.23. The molecule has 1 heterocycles. The zero-order chi connectivity index (χ0) is 14.5. The number of aromatic nitrogens is 2. The molecule has 0 bridgehead atoms. The van der Waals surface area contributed by atoms with Crippen LogP contribution in [0.5, 0.6) is 0 Å². The van der Waals surface area contributed by atoms with Gasteiger partial charge in [0.05, 0.1) is 18.4 Å². The monoisotopic (exact) mass is 329 g/mol. The third-order valence-corrected chi connectivity index (χ3v) is 3.60. The molecule has 0 aliphatic rings. The summed E-state index contributed by atoms with van der Waals surface area (Å²) in [6, 6.07) is 0. The molecule has 6 heteroatoms. The maximum absolute atomic E-state index is 12.0. The summed E-state index contributed by atoms with van der Waals surface area (Å²) < 4.78 is 1.80. The minimum Gasteiger partial charge on any atom is -0.396 e. The Morgan fingerprint density at radius 1 is 1.63 bits per heavy atom. The Kier molecular flexibility index (Phi) is 5.75. The molecule has 0 spiro atoms. The number of anilines is 1. The highest BCUT2D eigenvalue weighted by Gasteiger charge is 2.18. The maximum Gasteiger partial charge on any atom is 0.283 e. The van der Waals surface area contributed by atoms with Gasteiger partial charge in [0.1, 0.15) is 4.47 Å². The fourth-order valence-corrected chi connectivity index (χ4v) is 2.01. The van der Waals surface area contributed by atoms with Gasteiger partial charge in [-0.3, -0.25) is 4.79 Å². The molecule has 2 N–H and O–H groups in total. The molecule has 0 fully saturated rings. The molecular weight excluding hydrogens is 310 g/mol. The molecule has 0 saturated carbocycles. The van der Waals surface area contributed by atoms with E-state index in [2.05, 4.69) is 46.8 Å². The Balaban J connectivity index is 2.83. The second-order valence-corrected chi connectivity index (χ2v) is 5.93. The normalized spacial score (nSPS) is 11.4. The summed E-state index contributed by atoms with van der Waals surface area (Å²) in [5.41, 5.74) is 0.422. The molecule has 0 radical (unpaired) electrons. The van der Waals surface area contributed by atoms with Crippen LogP contribution in [0.1, 0.15) is 20.3 Å². The van der Waals surface area contributed by atoms with E-state index in [0.29, 0.717) is 29.7 Å². The molecule has 1 aromatic rings. The number of aliphatic hydroxyl groups is 1. The van der Waals surface area contributed by atoms with Gasteiger partial charge in [0.25, 0.3) is 5.56 Å². The summed E-state index contributed by atoms with van der Waals surface area (Å²) in [7, 11) is 0. The van der Waals surface area contributed by atoms with Crippen LogP contribution in [0.3, 0.4) is 0 Å². The van der Waals surface area contributed by atoms with Gasteiger partial charge in [-0.2, -0.15) is 5.10 Å². The Morgan fingerprint density at radius 3 is 2.89 bits per heavy atom. The molecule has 0 aliphatic heterocycles. The smallest absolute Gasteiger partial charge is 0.283 e. The summed E-state index contributed by atoms with van der Waals surface area (Å²) in [4.78, 5) is 12.0. The van der Waals surface area contributed by atoms with Crippen LogP contribution >= 0.6 is 15.9 Å². The van der Waals surface area contributed by atoms with E-state index < -0.39 is 0 Å². The van der Waals surface area contributed by atoms with Crippen molar-refractivity contribution >= 4 is 21.6 Å². The van der Waals surface area contributed by atoms with Crippen LogP contribution < -0.4 is 10.9 Å². The molecule has 0 unspecified atom stereocenters. The van der Waals surface area contributed by atoms with Crippen molar-refractivity contribution in [2.24, 2.45) is 5.41 Å². The second kappa shape index (κ2) is 6.86. The predicted octanol–water partition coefficient (Wildman–Crippen LogP) is 2.01. The van der Waals surface area contributed by atoms with Crippen LogP contribution in [-0.2, 0) is 6.54 Å². The number of halogens is 1. The van der Waals surface area contributed by atoms with E-state index in [1.807, 2.05) is 0 Å². The lowest BCUT2D eigenvalue weighted by Gasteiger charge is -2.24. The number of nitrogens with zero attached hydrogens (tertiary/aromatic N) is 2. The molecule has 1 rings (SSSR count). The second-order valence-electron chi connectivity index (χ2n) is 5.14. The Hall–Kier alpha value is -1.14. The van der Waals surface area contributed by atoms with E-state index in [9.17, 15) is 4.79 Å². The quantitative estimate of drug-likeness (QED) is 0.751. The van der Waals surface area contributed by atoms with Crippen LogP contribution in [0.15, 0.2) is 28.1 Å². The van der Waals surface area contributed by atoms with Gasteiger partial charge in [-0.1, -0.05) is 19.9 Å². The first-order chi connectivity index (χ1) is 8.91. The molecule has 0 saturated heterocycles. The van der Waals surface area contributed by atoms with E-state index >= 15 is 0 Å². The van der Waals surface area contributed by atoms with E-state index in [-0.39, 0.29) is 17.6 Å². The molecule has 0 aliphatic carbocycles. The van der Waals surface area contributed by atoms with Gasteiger partial charge in [0, 0.05) is 13.2 Å². The first kappa shape index (κ1) is 15.9. The zero-order valence-electron chi connectivity index (χ0n) is 11.3. The van der Waals surface area contributed by atoms with Gasteiger partial charge in [0.15, 0.2) is 0 Å². The summed E-state index contributed by atoms with van der Waals surface area (Å²) in [6.07, 6.45) is 3.93. The average Bonchev–Trinajstić information content (AvgIpc) is 2.34. The van der Waals surface area contributed by atoms with Gasteiger partial charge in [-0.05, 0) is 27.8 Å². The van der Waals surface area contributed by atoms with E-state index in [1.54, 1.807) is 12.3 Å². The number of hydrogen-bond acceptors (Lipinski definition) is 4. The predicted molar refractivity (Wildman–Crippen MR) is 80.4 cm³/mol. The molecule has 5 nitrogen and oxygen atoms in total. The lowest BCUT2D eigenvalue weighted by molar-refractivity contribution is 0.220. The zero-order valence-corrected chi connectivity index (χ0v) is 12.9. The van der Waals surface area contributed by atoms with Crippen molar-refractivity contribution < 1.29 is 5.11 Å². The van der Waals surface area contributed by atoms with Crippen molar-refractivity contribution in [1.29, 1.82) is 0 Å². The number of aliphatic hydroxyl groups excluding tert-OH is 1.